The number of fused-ring (bicyclic) bond motifs is 5. The van der Waals surface area contributed by atoms with E-state index in [1.165, 1.54) is 16.6 Å². The maximum atomic E-state index is 11.3. The molecule has 1 aromatic carbocycles. The number of aromatic carboxylic acids is 1. The Morgan fingerprint density at radius 2 is 2.16 bits per heavy atom. The fraction of sp³-hybridized carbons (Fsp3) is 0.143. The summed E-state index contributed by atoms with van der Waals surface area (Å²) in [5.74, 6) is -0.934. The first kappa shape index (κ1) is 10.8. The monoisotopic (exact) mass is 270 g/mol. The maximum absolute atomic E-state index is 11.3. The third-order valence-corrected chi connectivity index (χ3v) is 4.66. The summed E-state index contributed by atoms with van der Waals surface area (Å²) < 4.78 is 1.78. The van der Waals surface area contributed by atoms with Crippen LogP contribution >= 0.6 is 11.3 Å². The molecular weight excluding hydrogens is 260 g/mol. The van der Waals surface area contributed by atoms with Crippen LogP contribution in [0.25, 0.3) is 16.2 Å². The highest BCUT2D eigenvalue weighted by atomic mass is 32.1. The number of carbonyl (C=O) groups is 1. The number of hydrogen-bond donors (Lipinski definition) is 1. The highest BCUT2D eigenvalue weighted by Crippen LogP contribution is 2.39. The number of hydrogen-bond acceptors (Lipinski definition) is 3. The molecule has 2 aromatic heterocycles. The smallest absolute Gasteiger partial charge is 0.354 e. The van der Waals surface area contributed by atoms with Gasteiger partial charge in [-0.1, -0.05) is 24.3 Å². The van der Waals surface area contributed by atoms with Gasteiger partial charge < -0.3 is 5.11 Å². The fourth-order valence-electron chi connectivity index (χ4n) is 2.71. The van der Waals surface area contributed by atoms with Gasteiger partial charge in [-0.3, -0.25) is 4.40 Å². The van der Waals surface area contributed by atoms with Gasteiger partial charge in [0.2, 0.25) is 0 Å². The van der Waals surface area contributed by atoms with Crippen LogP contribution in [0.3, 0.4) is 0 Å². The molecular formula is C14H10N2O2S. The van der Waals surface area contributed by atoms with E-state index in [4.69, 9.17) is 0 Å². The minimum absolute atomic E-state index is 0.240. The van der Waals surface area contributed by atoms with Crippen molar-refractivity contribution in [1.82, 2.24) is 9.38 Å². The van der Waals surface area contributed by atoms with Gasteiger partial charge in [-0.15, -0.1) is 11.3 Å². The summed E-state index contributed by atoms with van der Waals surface area (Å²) in [6.45, 7) is 0. The molecule has 1 N–H and O–H groups in total. The number of thiazole rings is 1. The normalized spacial score (nSPS) is 13.3. The van der Waals surface area contributed by atoms with Crippen LogP contribution in [0.5, 0.6) is 0 Å². The standard InChI is InChI=1S/C14H10N2O2S/c17-13(18)10-7-15-14-16(10)12-9-4-2-1-3-8(9)5-6-11(12)19-14/h1-4,7H,5-6H2,(H,17,18). The number of aromatic nitrogens is 2. The highest BCUT2D eigenvalue weighted by Gasteiger charge is 2.25. The van der Waals surface area contributed by atoms with Gasteiger partial charge in [0.05, 0.1) is 11.9 Å². The third kappa shape index (κ3) is 1.39. The zero-order chi connectivity index (χ0) is 13.0. The Balaban J connectivity index is 2.13. The number of carboxylic acids is 1. The molecule has 94 valence electrons. The molecule has 0 aliphatic heterocycles. The molecule has 4 rings (SSSR count). The van der Waals surface area contributed by atoms with E-state index < -0.39 is 5.97 Å². The molecule has 1 aliphatic carbocycles. The summed E-state index contributed by atoms with van der Waals surface area (Å²) >= 11 is 1.59. The Morgan fingerprint density at radius 1 is 1.32 bits per heavy atom. The number of rotatable bonds is 1. The van der Waals surface area contributed by atoms with Crippen LogP contribution in [0, 0.1) is 0 Å². The van der Waals surface area contributed by atoms with E-state index in [0.717, 1.165) is 29.1 Å². The SMILES string of the molecule is O=C(O)c1cnc2sc3c(n12)-c1ccccc1CC3. The molecule has 0 atom stereocenters. The van der Waals surface area contributed by atoms with E-state index in [2.05, 4.69) is 17.1 Å². The number of imidazole rings is 1. The molecule has 0 radical (unpaired) electrons. The Hall–Kier alpha value is -2.14. The lowest BCUT2D eigenvalue weighted by molar-refractivity contribution is 0.0689. The summed E-state index contributed by atoms with van der Waals surface area (Å²) in [6.07, 6.45) is 3.40. The second kappa shape index (κ2) is 3.68. The van der Waals surface area contributed by atoms with Crippen LogP contribution in [0.4, 0.5) is 0 Å². The van der Waals surface area contributed by atoms with Crippen molar-refractivity contribution in [3.05, 3.63) is 46.6 Å². The van der Waals surface area contributed by atoms with Crippen molar-refractivity contribution >= 4 is 22.3 Å². The Kier molecular flexibility index (Phi) is 2.08. The lowest BCUT2D eigenvalue weighted by Crippen LogP contribution is -2.07. The molecule has 0 saturated heterocycles. The molecule has 0 amide bonds. The van der Waals surface area contributed by atoms with E-state index in [1.54, 1.807) is 15.7 Å². The molecule has 3 aromatic rings. The summed E-state index contributed by atoms with van der Waals surface area (Å²) in [5, 5.41) is 9.28. The average molecular weight is 270 g/mol. The first-order valence-electron chi connectivity index (χ1n) is 6.06. The molecule has 5 heteroatoms. The Morgan fingerprint density at radius 3 is 3.00 bits per heavy atom. The third-order valence-electron chi connectivity index (χ3n) is 3.54. The largest absolute Gasteiger partial charge is 0.477 e. The first-order valence-corrected chi connectivity index (χ1v) is 6.88. The molecule has 1 aliphatic rings. The Labute approximate surface area is 113 Å². The van der Waals surface area contributed by atoms with Gasteiger partial charge in [-0.25, -0.2) is 9.78 Å². The van der Waals surface area contributed by atoms with Crippen molar-refractivity contribution in [2.75, 3.05) is 0 Å². The first-order chi connectivity index (χ1) is 9.25. The molecule has 0 saturated carbocycles. The van der Waals surface area contributed by atoms with E-state index in [0.29, 0.717) is 0 Å². The summed E-state index contributed by atoms with van der Waals surface area (Å²) in [6, 6.07) is 8.19. The minimum atomic E-state index is -0.934. The van der Waals surface area contributed by atoms with Crippen molar-refractivity contribution in [2.45, 2.75) is 12.8 Å². The predicted octanol–water partition coefficient (Wildman–Crippen LogP) is 2.86. The van der Waals surface area contributed by atoms with Gasteiger partial charge in [0.1, 0.15) is 0 Å². The lowest BCUT2D eigenvalue weighted by Gasteiger charge is -2.16. The van der Waals surface area contributed by atoms with Crippen LogP contribution in [-0.2, 0) is 12.8 Å². The number of aryl methyl sites for hydroxylation is 2. The van der Waals surface area contributed by atoms with E-state index >= 15 is 0 Å². The van der Waals surface area contributed by atoms with E-state index in [1.807, 2.05) is 12.1 Å². The van der Waals surface area contributed by atoms with Crippen LogP contribution in [0.1, 0.15) is 20.9 Å². The van der Waals surface area contributed by atoms with Crippen LogP contribution in [0.2, 0.25) is 0 Å². The second-order valence-corrected chi connectivity index (χ2v) is 5.66. The summed E-state index contributed by atoms with van der Waals surface area (Å²) in [7, 11) is 0. The maximum Gasteiger partial charge on any atom is 0.354 e. The molecule has 0 fully saturated rings. The summed E-state index contributed by atoms with van der Waals surface area (Å²) in [5.41, 5.74) is 3.66. The second-order valence-electron chi connectivity index (χ2n) is 4.60. The van der Waals surface area contributed by atoms with E-state index in [-0.39, 0.29) is 5.69 Å². The van der Waals surface area contributed by atoms with Crippen molar-refractivity contribution in [2.24, 2.45) is 0 Å². The fourth-order valence-corrected chi connectivity index (χ4v) is 3.82. The van der Waals surface area contributed by atoms with Gasteiger partial charge in [0.25, 0.3) is 0 Å². The van der Waals surface area contributed by atoms with Gasteiger partial charge in [0.15, 0.2) is 10.7 Å². The van der Waals surface area contributed by atoms with Gasteiger partial charge in [0, 0.05) is 10.4 Å². The lowest BCUT2D eigenvalue weighted by atomic mass is 9.93. The van der Waals surface area contributed by atoms with Gasteiger partial charge in [-0.2, -0.15) is 0 Å². The molecule has 2 heterocycles. The van der Waals surface area contributed by atoms with Gasteiger partial charge >= 0.3 is 5.97 Å². The molecule has 0 unspecified atom stereocenters. The van der Waals surface area contributed by atoms with Crippen LogP contribution < -0.4 is 0 Å². The minimum Gasteiger partial charge on any atom is -0.477 e. The van der Waals surface area contributed by atoms with Crippen molar-refractivity contribution in [3.8, 4) is 11.3 Å². The van der Waals surface area contributed by atoms with Crippen molar-refractivity contribution < 1.29 is 9.90 Å². The quantitative estimate of drug-likeness (QED) is 0.739. The van der Waals surface area contributed by atoms with Crippen molar-refractivity contribution in [1.29, 1.82) is 0 Å². The molecule has 0 spiro atoms. The van der Waals surface area contributed by atoms with Crippen LogP contribution in [0.15, 0.2) is 30.5 Å². The topological polar surface area (TPSA) is 54.6 Å². The number of carboxylic acid groups (broad SMARTS) is 1. The average Bonchev–Trinajstić information content (AvgIpc) is 2.96. The zero-order valence-corrected chi connectivity index (χ0v) is 10.8. The number of benzene rings is 1. The molecule has 4 nitrogen and oxygen atoms in total. The Bertz CT molecular complexity index is 816. The highest BCUT2D eigenvalue weighted by molar-refractivity contribution is 7.17. The van der Waals surface area contributed by atoms with Crippen molar-refractivity contribution in [3.63, 3.8) is 0 Å². The molecule has 19 heavy (non-hydrogen) atoms. The van der Waals surface area contributed by atoms with Gasteiger partial charge in [-0.05, 0) is 18.4 Å². The molecule has 0 bridgehead atoms. The number of nitrogens with zero attached hydrogens (tertiary/aromatic N) is 2. The zero-order valence-electron chi connectivity index (χ0n) is 9.96. The van der Waals surface area contributed by atoms with Crippen LogP contribution in [-0.4, -0.2) is 20.5 Å². The summed E-state index contributed by atoms with van der Waals surface area (Å²) in [4.78, 5) is 17.5. The van der Waals surface area contributed by atoms with E-state index in [9.17, 15) is 9.90 Å². The predicted molar refractivity (Wildman–Crippen MR) is 72.9 cm³/mol.